The number of nitrogens with one attached hydrogen (secondary N) is 1. The number of hydrogen-bond acceptors (Lipinski definition) is 4. The normalized spacial score (nSPS) is 11.8. The van der Waals surface area contributed by atoms with Crippen molar-refractivity contribution in [3.05, 3.63) is 30.1 Å². The van der Waals surface area contributed by atoms with Crippen LogP contribution in [-0.4, -0.2) is 41.7 Å². The second-order valence-corrected chi connectivity index (χ2v) is 3.78. The molecule has 0 aromatic carbocycles. The number of hydrogen-bond donors (Lipinski definition) is 2. The molecule has 1 unspecified atom stereocenters. The third-order valence-corrected chi connectivity index (χ3v) is 2.33. The minimum absolute atomic E-state index is 0.116. The van der Waals surface area contributed by atoms with Crippen LogP contribution in [0.2, 0.25) is 0 Å². The van der Waals surface area contributed by atoms with Gasteiger partial charge in [0.1, 0.15) is 6.04 Å². The summed E-state index contributed by atoms with van der Waals surface area (Å²) in [6.45, 7) is 0.282. The molecule has 18 heavy (non-hydrogen) atoms. The Kier molecular flexibility index (Phi) is 5.79. The molecule has 6 nitrogen and oxygen atoms in total. The predicted molar refractivity (Wildman–Crippen MR) is 64.0 cm³/mol. The quantitative estimate of drug-likeness (QED) is 0.725. The van der Waals surface area contributed by atoms with E-state index in [9.17, 15) is 9.59 Å². The molecule has 1 aromatic heterocycles. The van der Waals surface area contributed by atoms with Crippen LogP contribution >= 0.6 is 0 Å². The largest absolute Gasteiger partial charge is 0.480 e. The van der Waals surface area contributed by atoms with Crippen LogP contribution < -0.4 is 5.32 Å². The van der Waals surface area contributed by atoms with Crippen molar-refractivity contribution < 1.29 is 19.4 Å². The molecule has 1 amide bonds. The molecule has 1 rings (SSSR count). The van der Waals surface area contributed by atoms with Gasteiger partial charge in [-0.2, -0.15) is 0 Å². The Balaban J connectivity index is 2.48. The van der Waals surface area contributed by atoms with Crippen LogP contribution in [0.25, 0.3) is 0 Å². The van der Waals surface area contributed by atoms with Gasteiger partial charge in [0.25, 0.3) is 0 Å². The second kappa shape index (κ2) is 7.39. The maximum Gasteiger partial charge on any atom is 0.326 e. The summed E-state index contributed by atoms with van der Waals surface area (Å²) in [5.74, 6) is -1.40. The lowest BCUT2D eigenvalue weighted by Gasteiger charge is -2.13. The van der Waals surface area contributed by atoms with Gasteiger partial charge in [-0.25, -0.2) is 4.79 Å². The first-order valence-corrected chi connectivity index (χ1v) is 5.53. The van der Waals surface area contributed by atoms with Gasteiger partial charge >= 0.3 is 5.97 Å². The van der Waals surface area contributed by atoms with E-state index >= 15 is 0 Å². The van der Waals surface area contributed by atoms with Crippen LogP contribution in [0.1, 0.15) is 12.0 Å². The number of carboxylic acids is 1. The molecule has 1 heterocycles. The Morgan fingerprint density at radius 3 is 2.89 bits per heavy atom. The van der Waals surface area contributed by atoms with Gasteiger partial charge in [-0.15, -0.1) is 0 Å². The topological polar surface area (TPSA) is 88.5 Å². The number of aromatic nitrogens is 1. The third-order valence-electron chi connectivity index (χ3n) is 2.33. The smallest absolute Gasteiger partial charge is 0.326 e. The third kappa shape index (κ3) is 4.92. The molecular formula is C12H16N2O4. The highest BCUT2D eigenvalue weighted by Crippen LogP contribution is 1.99. The fourth-order valence-electron chi connectivity index (χ4n) is 1.43. The molecule has 0 aliphatic heterocycles. The number of methoxy groups -OCH3 is 1. The molecular weight excluding hydrogens is 236 g/mol. The summed E-state index contributed by atoms with van der Waals surface area (Å²) in [5, 5.41) is 11.4. The molecule has 0 radical (unpaired) electrons. The highest BCUT2D eigenvalue weighted by Gasteiger charge is 2.19. The average molecular weight is 252 g/mol. The number of nitrogens with zero attached hydrogens (tertiary/aromatic N) is 1. The molecule has 0 saturated heterocycles. The van der Waals surface area contributed by atoms with Crippen molar-refractivity contribution in [2.75, 3.05) is 13.7 Å². The summed E-state index contributed by atoms with van der Waals surface area (Å²) in [7, 11) is 1.48. The Bertz CT molecular complexity index is 394. The maximum absolute atomic E-state index is 11.6. The van der Waals surface area contributed by atoms with E-state index in [0.717, 1.165) is 5.56 Å². The van der Waals surface area contributed by atoms with Gasteiger partial charge < -0.3 is 15.2 Å². The molecule has 0 bridgehead atoms. The van der Waals surface area contributed by atoms with Gasteiger partial charge in [0, 0.05) is 32.5 Å². The predicted octanol–water partition coefficient (Wildman–Crippen LogP) is 0.230. The van der Waals surface area contributed by atoms with Crippen LogP contribution in [-0.2, 0) is 20.7 Å². The Labute approximate surface area is 105 Å². The van der Waals surface area contributed by atoms with Crippen molar-refractivity contribution in [2.45, 2.75) is 18.9 Å². The summed E-state index contributed by atoms with van der Waals surface area (Å²) in [6, 6.07) is 2.56. The maximum atomic E-state index is 11.6. The van der Waals surface area contributed by atoms with E-state index in [-0.39, 0.29) is 25.4 Å². The van der Waals surface area contributed by atoms with E-state index in [4.69, 9.17) is 9.84 Å². The highest BCUT2D eigenvalue weighted by molar-refractivity contribution is 5.84. The number of carbonyl (C=O) groups excluding carboxylic acids is 1. The molecule has 0 aliphatic carbocycles. The first-order chi connectivity index (χ1) is 8.63. The summed E-state index contributed by atoms with van der Waals surface area (Å²) >= 11 is 0. The fraction of sp³-hybridized carbons (Fsp3) is 0.417. The molecule has 6 heteroatoms. The number of carboxylic acid groups (broad SMARTS) is 1. The highest BCUT2D eigenvalue weighted by atomic mass is 16.5. The summed E-state index contributed by atoms with van der Waals surface area (Å²) in [4.78, 5) is 26.4. The lowest BCUT2D eigenvalue weighted by molar-refractivity contribution is -0.142. The van der Waals surface area contributed by atoms with Gasteiger partial charge in [0.05, 0.1) is 6.42 Å². The summed E-state index contributed by atoms with van der Waals surface area (Å²) in [5.41, 5.74) is 0.742. The van der Waals surface area contributed by atoms with Gasteiger partial charge in [-0.05, 0) is 11.6 Å². The van der Waals surface area contributed by atoms with E-state index in [2.05, 4.69) is 10.3 Å². The molecule has 0 fully saturated rings. The first-order valence-electron chi connectivity index (χ1n) is 5.53. The number of ether oxygens (including phenoxy) is 1. The monoisotopic (exact) mass is 252 g/mol. The van der Waals surface area contributed by atoms with Crippen LogP contribution in [0, 0.1) is 0 Å². The zero-order valence-electron chi connectivity index (χ0n) is 10.1. The zero-order valence-corrected chi connectivity index (χ0v) is 10.1. The average Bonchev–Trinajstić information content (AvgIpc) is 2.35. The molecule has 1 atom stereocenters. The van der Waals surface area contributed by atoms with Gasteiger partial charge in [-0.3, -0.25) is 9.78 Å². The van der Waals surface area contributed by atoms with Crippen LogP contribution in [0.4, 0.5) is 0 Å². The zero-order chi connectivity index (χ0) is 13.4. The van der Waals surface area contributed by atoms with Crippen molar-refractivity contribution in [1.82, 2.24) is 10.3 Å². The molecule has 2 N–H and O–H groups in total. The van der Waals surface area contributed by atoms with Crippen molar-refractivity contribution in [2.24, 2.45) is 0 Å². The van der Waals surface area contributed by atoms with E-state index in [1.54, 1.807) is 24.5 Å². The SMILES string of the molecule is COCCC(NC(=O)Cc1cccnc1)C(=O)O. The van der Waals surface area contributed by atoms with Crippen LogP contribution in [0.5, 0.6) is 0 Å². The molecule has 98 valence electrons. The number of aliphatic carboxylic acids is 1. The van der Waals surface area contributed by atoms with Gasteiger partial charge in [0.15, 0.2) is 0 Å². The molecule has 0 saturated carbocycles. The number of rotatable bonds is 7. The van der Waals surface area contributed by atoms with E-state index in [1.165, 1.54) is 7.11 Å². The van der Waals surface area contributed by atoms with E-state index < -0.39 is 12.0 Å². The molecule has 0 spiro atoms. The first kappa shape index (κ1) is 14.1. The van der Waals surface area contributed by atoms with Crippen molar-refractivity contribution in [3.63, 3.8) is 0 Å². The number of carbonyl (C=O) groups is 2. The Morgan fingerprint density at radius 2 is 2.33 bits per heavy atom. The van der Waals surface area contributed by atoms with Gasteiger partial charge in [0.2, 0.25) is 5.91 Å². The van der Waals surface area contributed by atoms with Crippen LogP contribution in [0.3, 0.4) is 0 Å². The Morgan fingerprint density at radius 1 is 1.56 bits per heavy atom. The van der Waals surface area contributed by atoms with Crippen LogP contribution in [0.15, 0.2) is 24.5 Å². The molecule has 0 aliphatic rings. The second-order valence-electron chi connectivity index (χ2n) is 3.78. The summed E-state index contributed by atoms with van der Waals surface area (Å²) in [6.07, 6.45) is 3.54. The number of amides is 1. The van der Waals surface area contributed by atoms with Crippen molar-refractivity contribution >= 4 is 11.9 Å². The number of pyridine rings is 1. The van der Waals surface area contributed by atoms with Crippen molar-refractivity contribution in [1.29, 1.82) is 0 Å². The van der Waals surface area contributed by atoms with E-state index in [1.807, 2.05) is 0 Å². The minimum Gasteiger partial charge on any atom is -0.480 e. The molecule has 1 aromatic rings. The Hall–Kier alpha value is -1.95. The lowest BCUT2D eigenvalue weighted by atomic mass is 10.1. The lowest BCUT2D eigenvalue weighted by Crippen LogP contribution is -2.42. The van der Waals surface area contributed by atoms with E-state index in [0.29, 0.717) is 0 Å². The standard InChI is InChI=1S/C12H16N2O4/c1-18-6-4-10(12(16)17)14-11(15)7-9-3-2-5-13-8-9/h2-3,5,8,10H,4,6-7H2,1H3,(H,14,15)(H,16,17). The van der Waals surface area contributed by atoms with Gasteiger partial charge in [-0.1, -0.05) is 6.07 Å². The fourth-order valence-corrected chi connectivity index (χ4v) is 1.43. The minimum atomic E-state index is -1.06. The summed E-state index contributed by atoms with van der Waals surface area (Å²) < 4.78 is 4.80. The van der Waals surface area contributed by atoms with Crippen molar-refractivity contribution in [3.8, 4) is 0 Å².